The molecule has 0 fully saturated rings. The SMILES string of the molecule is COc1cc(OC)c(NS(=O)(=O)c2ccc(Cl)c(C(=O)Nc3nncs3)c2)cc1Cl. The van der Waals surface area contributed by atoms with Crippen molar-refractivity contribution < 1.29 is 22.7 Å². The van der Waals surface area contributed by atoms with Gasteiger partial charge in [-0.1, -0.05) is 34.5 Å². The van der Waals surface area contributed by atoms with E-state index in [2.05, 4.69) is 20.2 Å². The van der Waals surface area contributed by atoms with Crippen LogP contribution in [0.25, 0.3) is 0 Å². The van der Waals surface area contributed by atoms with Gasteiger partial charge in [-0.15, -0.1) is 10.2 Å². The highest BCUT2D eigenvalue weighted by molar-refractivity contribution is 7.92. The third-order valence-corrected chi connectivity index (χ3v) is 6.39. The van der Waals surface area contributed by atoms with Crippen LogP contribution in [0.4, 0.5) is 10.8 Å². The number of nitrogens with one attached hydrogen (secondary N) is 2. The van der Waals surface area contributed by atoms with Crippen molar-refractivity contribution in [3.8, 4) is 11.5 Å². The van der Waals surface area contributed by atoms with Crippen LogP contribution in [0.3, 0.4) is 0 Å². The molecule has 0 saturated carbocycles. The van der Waals surface area contributed by atoms with Gasteiger partial charge < -0.3 is 9.47 Å². The highest BCUT2D eigenvalue weighted by atomic mass is 35.5. The molecule has 0 radical (unpaired) electrons. The number of hydrogen-bond donors (Lipinski definition) is 2. The van der Waals surface area contributed by atoms with Crippen LogP contribution in [-0.4, -0.2) is 38.7 Å². The second-order valence-electron chi connectivity index (χ2n) is 5.63. The number of ether oxygens (including phenoxy) is 2. The predicted molar refractivity (Wildman–Crippen MR) is 115 cm³/mol. The van der Waals surface area contributed by atoms with Gasteiger partial charge in [0.15, 0.2) is 0 Å². The van der Waals surface area contributed by atoms with Gasteiger partial charge in [0.2, 0.25) is 5.13 Å². The number of carbonyl (C=O) groups excluding carboxylic acids is 1. The molecule has 0 atom stereocenters. The Hall–Kier alpha value is -2.60. The molecule has 30 heavy (non-hydrogen) atoms. The number of halogens is 2. The summed E-state index contributed by atoms with van der Waals surface area (Å²) in [6.07, 6.45) is 0. The highest BCUT2D eigenvalue weighted by Gasteiger charge is 2.22. The van der Waals surface area contributed by atoms with E-state index in [-0.39, 0.29) is 37.1 Å². The number of sulfonamides is 1. The van der Waals surface area contributed by atoms with Crippen molar-refractivity contribution >= 4 is 61.3 Å². The fourth-order valence-corrected chi connectivity index (χ4v) is 4.35. The zero-order chi connectivity index (χ0) is 21.9. The van der Waals surface area contributed by atoms with Crippen molar-refractivity contribution in [2.45, 2.75) is 4.90 Å². The average molecular weight is 489 g/mol. The normalized spacial score (nSPS) is 11.1. The molecular weight excluding hydrogens is 475 g/mol. The lowest BCUT2D eigenvalue weighted by Crippen LogP contribution is -2.17. The molecule has 13 heteroatoms. The van der Waals surface area contributed by atoms with E-state index in [9.17, 15) is 13.2 Å². The summed E-state index contributed by atoms with van der Waals surface area (Å²) in [4.78, 5) is 12.3. The van der Waals surface area contributed by atoms with Crippen molar-refractivity contribution in [3.63, 3.8) is 0 Å². The van der Waals surface area contributed by atoms with Crippen molar-refractivity contribution in [3.05, 3.63) is 51.5 Å². The molecule has 1 aromatic heterocycles. The Morgan fingerprint density at radius 1 is 1.07 bits per heavy atom. The molecule has 0 aliphatic heterocycles. The molecule has 0 saturated heterocycles. The van der Waals surface area contributed by atoms with Crippen molar-refractivity contribution in [1.82, 2.24) is 10.2 Å². The largest absolute Gasteiger partial charge is 0.495 e. The summed E-state index contributed by atoms with van der Waals surface area (Å²) in [7, 11) is -1.31. The molecule has 0 aliphatic rings. The summed E-state index contributed by atoms with van der Waals surface area (Å²) < 4.78 is 38.5. The van der Waals surface area contributed by atoms with Crippen LogP contribution >= 0.6 is 34.5 Å². The van der Waals surface area contributed by atoms with Crippen molar-refractivity contribution in [1.29, 1.82) is 0 Å². The van der Waals surface area contributed by atoms with E-state index in [4.69, 9.17) is 32.7 Å². The third kappa shape index (κ3) is 4.75. The average Bonchev–Trinajstić information content (AvgIpc) is 3.21. The Morgan fingerprint density at radius 2 is 1.80 bits per heavy atom. The minimum atomic E-state index is -4.11. The van der Waals surface area contributed by atoms with Crippen LogP contribution < -0.4 is 19.5 Å². The molecule has 1 heterocycles. The second kappa shape index (κ2) is 9.04. The Morgan fingerprint density at radius 3 is 2.43 bits per heavy atom. The lowest BCUT2D eigenvalue weighted by Gasteiger charge is -2.15. The molecule has 0 bridgehead atoms. The molecule has 9 nitrogen and oxygen atoms in total. The molecule has 1 amide bonds. The number of rotatable bonds is 7. The Bertz CT molecular complexity index is 1190. The lowest BCUT2D eigenvalue weighted by atomic mass is 10.2. The molecule has 0 spiro atoms. The van der Waals surface area contributed by atoms with Gasteiger partial charge in [-0.3, -0.25) is 14.8 Å². The number of carbonyl (C=O) groups is 1. The first-order valence-corrected chi connectivity index (χ1v) is 11.2. The third-order valence-electron chi connectivity index (χ3n) is 3.79. The molecule has 158 valence electrons. The Balaban J connectivity index is 1.93. The summed E-state index contributed by atoms with van der Waals surface area (Å²) in [5.74, 6) is -0.111. The number of anilines is 2. The molecule has 3 rings (SSSR count). The minimum Gasteiger partial charge on any atom is -0.495 e. The van der Waals surface area contributed by atoms with Crippen molar-refractivity contribution in [2.75, 3.05) is 24.3 Å². The van der Waals surface area contributed by atoms with Gasteiger partial charge in [0, 0.05) is 6.07 Å². The zero-order valence-corrected chi connectivity index (χ0v) is 18.6. The minimum absolute atomic E-state index is 0.0468. The van der Waals surface area contributed by atoms with Gasteiger partial charge in [-0.05, 0) is 24.3 Å². The first kappa shape index (κ1) is 22.1. The lowest BCUT2D eigenvalue weighted by molar-refractivity contribution is 0.102. The predicted octanol–water partition coefficient (Wildman–Crippen LogP) is 3.92. The first-order chi connectivity index (χ1) is 14.2. The van der Waals surface area contributed by atoms with Gasteiger partial charge in [0.05, 0.1) is 40.4 Å². The van der Waals surface area contributed by atoms with Gasteiger partial charge in [0.25, 0.3) is 15.9 Å². The summed E-state index contributed by atoms with van der Waals surface area (Å²) >= 11 is 13.3. The number of hydrogen-bond acceptors (Lipinski definition) is 8. The van der Waals surface area contributed by atoms with E-state index in [1.807, 2.05) is 0 Å². The van der Waals surface area contributed by atoms with E-state index in [0.29, 0.717) is 5.75 Å². The monoisotopic (exact) mass is 488 g/mol. The molecule has 2 aromatic carbocycles. The molecule has 0 aliphatic carbocycles. The van der Waals surface area contributed by atoms with Gasteiger partial charge in [0.1, 0.15) is 17.0 Å². The van der Waals surface area contributed by atoms with E-state index in [1.54, 1.807) is 0 Å². The summed E-state index contributed by atoms with van der Waals surface area (Å²) in [5, 5.41) is 10.3. The number of aromatic nitrogens is 2. The number of nitrogens with zero attached hydrogens (tertiary/aromatic N) is 2. The highest BCUT2D eigenvalue weighted by Crippen LogP contribution is 2.37. The fourth-order valence-electron chi connectivity index (χ4n) is 2.38. The Kier molecular flexibility index (Phi) is 6.66. The molecular formula is C17H14Cl2N4O5S2. The van der Waals surface area contributed by atoms with Gasteiger partial charge in [-0.2, -0.15) is 0 Å². The zero-order valence-electron chi connectivity index (χ0n) is 15.5. The van der Waals surface area contributed by atoms with E-state index in [1.165, 1.54) is 44.0 Å². The van der Waals surface area contributed by atoms with Crippen LogP contribution in [0, 0.1) is 0 Å². The molecule has 0 unspecified atom stereocenters. The fraction of sp³-hybridized carbons (Fsp3) is 0.118. The number of benzene rings is 2. The Labute approximate surface area is 186 Å². The maximum Gasteiger partial charge on any atom is 0.262 e. The maximum atomic E-state index is 12.9. The van der Waals surface area contributed by atoms with E-state index < -0.39 is 15.9 Å². The number of amides is 1. The smallest absolute Gasteiger partial charge is 0.262 e. The van der Waals surface area contributed by atoms with Crippen molar-refractivity contribution in [2.24, 2.45) is 0 Å². The van der Waals surface area contributed by atoms with Crippen LogP contribution in [0.1, 0.15) is 10.4 Å². The quantitative estimate of drug-likeness (QED) is 0.516. The van der Waals surface area contributed by atoms with Gasteiger partial charge >= 0.3 is 0 Å². The second-order valence-corrected chi connectivity index (χ2v) is 8.96. The van der Waals surface area contributed by atoms with Crippen LogP contribution in [0.15, 0.2) is 40.7 Å². The van der Waals surface area contributed by atoms with Gasteiger partial charge in [-0.25, -0.2) is 8.42 Å². The van der Waals surface area contributed by atoms with Crippen LogP contribution in [-0.2, 0) is 10.0 Å². The van der Waals surface area contributed by atoms with Crippen LogP contribution in [0.2, 0.25) is 10.0 Å². The molecule has 2 N–H and O–H groups in total. The van der Waals surface area contributed by atoms with Crippen LogP contribution in [0.5, 0.6) is 11.5 Å². The topological polar surface area (TPSA) is 120 Å². The maximum absolute atomic E-state index is 12.9. The summed E-state index contributed by atoms with van der Waals surface area (Å²) in [6, 6.07) is 6.53. The first-order valence-electron chi connectivity index (χ1n) is 8.06. The number of methoxy groups -OCH3 is 2. The van der Waals surface area contributed by atoms with E-state index in [0.717, 1.165) is 17.4 Å². The summed E-state index contributed by atoms with van der Waals surface area (Å²) in [5.41, 5.74) is 1.49. The standard InChI is InChI=1S/C17H14Cl2N4O5S2/c1-27-14-7-15(28-2)13(6-12(14)19)23-30(25,26)9-3-4-11(18)10(5-9)16(24)21-17-22-20-8-29-17/h3-8,23H,1-2H3,(H,21,22,24). The molecule has 3 aromatic rings. The van der Waals surface area contributed by atoms with E-state index >= 15 is 0 Å². The summed E-state index contributed by atoms with van der Waals surface area (Å²) in [6.45, 7) is 0.